The second-order valence-electron chi connectivity index (χ2n) is 4.14. The molecule has 0 heterocycles. The molecule has 0 bridgehead atoms. The summed E-state index contributed by atoms with van der Waals surface area (Å²) in [5.41, 5.74) is 4.83. The van der Waals surface area contributed by atoms with Crippen LogP contribution in [-0.4, -0.2) is 11.1 Å². The van der Waals surface area contributed by atoms with Crippen LogP contribution in [0, 0.1) is 13.8 Å². The summed E-state index contributed by atoms with van der Waals surface area (Å²) in [7, 11) is 0. The summed E-state index contributed by atoms with van der Waals surface area (Å²) in [6, 6.07) is 6.32. The van der Waals surface area contributed by atoms with Crippen LogP contribution >= 0.6 is 0 Å². The van der Waals surface area contributed by atoms with Crippen LogP contribution < -0.4 is 0 Å². The molecule has 0 unspecified atom stereocenters. The van der Waals surface area contributed by atoms with Crippen molar-refractivity contribution in [3.63, 3.8) is 0 Å². The van der Waals surface area contributed by atoms with Crippen molar-refractivity contribution in [2.75, 3.05) is 0 Å². The van der Waals surface area contributed by atoms with Gasteiger partial charge in [-0.05, 0) is 43.9 Å². The highest BCUT2D eigenvalue weighted by Gasteiger charge is 2.01. The number of allylic oxidation sites excluding steroid dienone is 2. The third-order valence-electron chi connectivity index (χ3n) is 2.63. The van der Waals surface area contributed by atoms with Crippen molar-refractivity contribution in [3.8, 4) is 0 Å². The van der Waals surface area contributed by atoms with Gasteiger partial charge >= 0.3 is 5.97 Å². The predicted molar refractivity (Wildman–Crippen MR) is 66.4 cm³/mol. The number of carboxylic acids is 1. The first kappa shape index (κ1) is 12.5. The first-order valence-electron chi connectivity index (χ1n) is 5.47. The number of aryl methyl sites for hydroxylation is 2. The molecule has 0 aliphatic carbocycles. The van der Waals surface area contributed by atoms with Gasteiger partial charge in [0.05, 0.1) is 0 Å². The lowest BCUT2D eigenvalue weighted by Crippen LogP contribution is -1.93. The fourth-order valence-electron chi connectivity index (χ4n) is 1.68. The van der Waals surface area contributed by atoms with Gasteiger partial charge in [0.15, 0.2) is 0 Å². The van der Waals surface area contributed by atoms with E-state index in [0.717, 1.165) is 5.57 Å². The topological polar surface area (TPSA) is 37.3 Å². The summed E-state index contributed by atoms with van der Waals surface area (Å²) in [5, 5.41) is 8.57. The molecule has 16 heavy (non-hydrogen) atoms. The van der Waals surface area contributed by atoms with E-state index >= 15 is 0 Å². The minimum Gasteiger partial charge on any atom is -0.481 e. The fraction of sp³-hybridized carbons (Fsp3) is 0.357. The van der Waals surface area contributed by atoms with Gasteiger partial charge in [-0.3, -0.25) is 4.79 Å². The quantitative estimate of drug-likeness (QED) is 0.838. The Labute approximate surface area is 96.6 Å². The van der Waals surface area contributed by atoms with Gasteiger partial charge in [0.2, 0.25) is 0 Å². The second-order valence-corrected chi connectivity index (χ2v) is 4.14. The molecule has 1 aromatic carbocycles. The summed E-state index contributed by atoms with van der Waals surface area (Å²) in [6.45, 7) is 6.17. The van der Waals surface area contributed by atoms with Crippen molar-refractivity contribution < 1.29 is 9.90 Å². The van der Waals surface area contributed by atoms with Gasteiger partial charge in [0, 0.05) is 6.42 Å². The second kappa shape index (κ2) is 5.50. The molecular weight excluding hydrogens is 200 g/mol. The normalized spacial score (nSPS) is 11.6. The molecule has 0 spiro atoms. The lowest BCUT2D eigenvalue weighted by atomic mass is 9.98. The fourth-order valence-corrected chi connectivity index (χ4v) is 1.68. The molecule has 0 aromatic heterocycles. The zero-order valence-electron chi connectivity index (χ0n) is 10.1. The maximum absolute atomic E-state index is 10.4. The van der Waals surface area contributed by atoms with Crippen LogP contribution in [0.1, 0.15) is 36.5 Å². The van der Waals surface area contributed by atoms with Crippen LogP contribution in [-0.2, 0) is 4.79 Å². The van der Waals surface area contributed by atoms with E-state index in [4.69, 9.17) is 5.11 Å². The number of carbonyl (C=O) groups is 1. The average molecular weight is 218 g/mol. The van der Waals surface area contributed by atoms with Gasteiger partial charge in [-0.25, -0.2) is 0 Å². The number of carboxylic acid groups (broad SMARTS) is 1. The van der Waals surface area contributed by atoms with Gasteiger partial charge in [0.1, 0.15) is 0 Å². The number of rotatable bonds is 4. The molecule has 0 saturated carbocycles. The van der Waals surface area contributed by atoms with Crippen LogP contribution in [0.25, 0.3) is 5.57 Å². The Hall–Kier alpha value is -1.57. The van der Waals surface area contributed by atoms with E-state index < -0.39 is 5.97 Å². The molecule has 1 aromatic rings. The molecule has 2 nitrogen and oxygen atoms in total. The molecule has 0 radical (unpaired) electrons. The van der Waals surface area contributed by atoms with Crippen LogP contribution in [0.2, 0.25) is 0 Å². The third kappa shape index (κ3) is 3.54. The molecule has 0 amide bonds. The Morgan fingerprint density at radius 1 is 1.38 bits per heavy atom. The van der Waals surface area contributed by atoms with Crippen LogP contribution in [0.15, 0.2) is 24.3 Å². The molecule has 0 aliphatic heterocycles. The number of benzene rings is 1. The van der Waals surface area contributed by atoms with Crippen molar-refractivity contribution in [1.29, 1.82) is 0 Å². The first-order valence-corrected chi connectivity index (χ1v) is 5.47. The monoisotopic (exact) mass is 218 g/mol. The smallest absolute Gasteiger partial charge is 0.303 e. The van der Waals surface area contributed by atoms with E-state index in [1.165, 1.54) is 16.7 Å². The highest BCUT2D eigenvalue weighted by molar-refractivity contribution is 5.69. The van der Waals surface area contributed by atoms with Gasteiger partial charge in [-0.2, -0.15) is 0 Å². The zero-order chi connectivity index (χ0) is 12.1. The number of aliphatic carboxylic acids is 1. The van der Waals surface area contributed by atoms with Crippen molar-refractivity contribution in [3.05, 3.63) is 41.0 Å². The van der Waals surface area contributed by atoms with E-state index in [1.54, 1.807) is 0 Å². The van der Waals surface area contributed by atoms with E-state index in [2.05, 4.69) is 32.0 Å². The van der Waals surface area contributed by atoms with Crippen LogP contribution in [0.3, 0.4) is 0 Å². The van der Waals surface area contributed by atoms with Crippen LogP contribution in [0.5, 0.6) is 0 Å². The van der Waals surface area contributed by atoms with Gasteiger partial charge in [-0.1, -0.05) is 29.8 Å². The van der Waals surface area contributed by atoms with Gasteiger partial charge < -0.3 is 5.11 Å². The van der Waals surface area contributed by atoms with E-state index in [0.29, 0.717) is 6.42 Å². The van der Waals surface area contributed by atoms with E-state index in [1.807, 2.05) is 13.0 Å². The molecule has 1 rings (SSSR count). The van der Waals surface area contributed by atoms with Gasteiger partial charge in [-0.15, -0.1) is 0 Å². The third-order valence-corrected chi connectivity index (χ3v) is 2.63. The molecule has 86 valence electrons. The molecular formula is C14H18O2. The summed E-state index contributed by atoms with van der Waals surface area (Å²) in [5.74, 6) is -0.745. The largest absolute Gasteiger partial charge is 0.481 e. The summed E-state index contributed by atoms with van der Waals surface area (Å²) in [6.07, 6.45) is 2.78. The van der Waals surface area contributed by atoms with E-state index in [9.17, 15) is 4.79 Å². The Kier molecular flexibility index (Phi) is 4.29. The average Bonchev–Trinajstić information content (AvgIpc) is 2.21. The SMILES string of the molecule is C/C(=C\CCC(=O)O)c1cc(C)ccc1C. The highest BCUT2D eigenvalue weighted by atomic mass is 16.4. The number of hydrogen-bond acceptors (Lipinski definition) is 1. The first-order chi connectivity index (χ1) is 7.50. The Morgan fingerprint density at radius 3 is 2.69 bits per heavy atom. The minimum absolute atomic E-state index is 0.197. The predicted octanol–water partition coefficient (Wildman–Crippen LogP) is 3.57. The molecule has 0 aliphatic rings. The summed E-state index contributed by atoms with van der Waals surface area (Å²) in [4.78, 5) is 10.4. The Balaban J connectivity index is 2.82. The number of hydrogen-bond donors (Lipinski definition) is 1. The van der Waals surface area contributed by atoms with Crippen molar-refractivity contribution in [2.45, 2.75) is 33.6 Å². The van der Waals surface area contributed by atoms with Crippen molar-refractivity contribution >= 4 is 11.5 Å². The van der Waals surface area contributed by atoms with E-state index in [-0.39, 0.29) is 6.42 Å². The molecule has 0 fully saturated rings. The minimum atomic E-state index is -0.745. The maximum atomic E-state index is 10.4. The van der Waals surface area contributed by atoms with Crippen molar-refractivity contribution in [1.82, 2.24) is 0 Å². The lowest BCUT2D eigenvalue weighted by molar-refractivity contribution is -0.136. The molecule has 2 heteroatoms. The van der Waals surface area contributed by atoms with Gasteiger partial charge in [0.25, 0.3) is 0 Å². The Bertz CT molecular complexity index is 417. The molecule has 1 N–H and O–H groups in total. The van der Waals surface area contributed by atoms with Crippen LogP contribution in [0.4, 0.5) is 0 Å². The molecule has 0 saturated heterocycles. The standard InChI is InChI=1S/C14H18O2/c1-10-7-8-12(3)13(9-10)11(2)5-4-6-14(15)16/h5,7-9H,4,6H2,1-3H3,(H,15,16)/b11-5+. The van der Waals surface area contributed by atoms with Crippen molar-refractivity contribution in [2.24, 2.45) is 0 Å². The highest BCUT2D eigenvalue weighted by Crippen LogP contribution is 2.20. The Morgan fingerprint density at radius 2 is 2.06 bits per heavy atom. The summed E-state index contributed by atoms with van der Waals surface area (Å²) >= 11 is 0. The zero-order valence-corrected chi connectivity index (χ0v) is 10.1. The molecule has 0 atom stereocenters. The maximum Gasteiger partial charge on any atom is 0.303 e. The lowest BCUT2D eigenvalue weighted by Gasteiger charge is -2.07. The summed E-state index contributed by atoms with van der Waals surface area (Å²) < 4.78 is 0.